The van der Waals surface area contributed by atoms with Crippen molar-refractivity contribution in [1.29, 1.82) is 0 Å². The van der Waals surface area contributed by atoms with Gasteiger partial charge in [0.25, 0.3) is 0 Å². The number of ether oxygens (including phenoxy) is 2. The molecule has 0 radical (unpaired) electrons. The summed E-state index contributed by atoms with van der Waals surface area (Å²) < 4.78 is 18.7. The van der Waals surface area contributed by atoms with Crippen LogP contribution in [0.15, 0.2) is 30.5 Å². The summed E-state index contributed by atoms with van der Waals surface area (Å²) in [5.41, 5.74) is 7.82. The molecule has 0 spiro atoms. The highest BCUT2D eigenvalue weighted by Gasteiger charge is 2.16. The fourth-order valence-electron chi connectivity index (χ4n) is 1.57. The SMILES string of the molecule is COCCOc1ccccc1C(N)c1cnsn1. The second-order valence-corrected chi connectivity index (χ2v) is 4.25. The van der Waals surface area contributed by atoms with Crippen LogP contribution in [0.5, 0.6) is 5.75 Å². The van der Waals surface area contributed by atoms with Crippen LogP contribution in [0.2, 0.25) is 0 Å². The number of hydrogen-bond acceptors (Lipinski definition) is 6. The van der Waals surface area contributed by atoms with E-state index in [1.165, 1.54) is 0 Å². The van der Waals surface area contributed by atoms with Gasteiger partial charge in [-0.15, -0.1) is 0 Å². The summed E-state index contributed by atoms with van der Waals surface area (Å²) in [5, 5.41) is 0. The highest BCUT2D eigenvalue weighted by molar-refractivity contribution is 6.99. The average Bonchev–Trinajstić information content (AvgIpc) is 2.93. The minimum absolute atomic E-state index is 0.317. The number of rotatable bonds is 6. The molecule has 18 heavy (non-hydrogen) atoms. The highest BCUT2D eigenvalue weighted by atomic mass is 32.1. The first-order valence-electron chi connectivity index (χ1n) is 5.56. The molecular weight excluding hydrogens is 250 g/mol. The number of nitrogens with two attached hydrogens (primary N) is 1. The van der Waals surface area contributed by atoms with Crippen molar-refractivity contribution in [3.8, 4) is 5.75 Å². The van der Waals surface area contributed by atoms with E-state index < -0.39 is 0 Å². The van der Waals surface area contributed by atoms with Crippen molar-refractivity contribution < 1.29 is 9.47 Å². The third-order valence-corrected chi connectivity index (χ3v) is 2.99. The van der Waals surface area contributed by atoms with Gasteiger partial charge in [0.15, 0.2) is 0 Å². The van der Waals surface area contributed by atoms with Crippen molar-refractivity contribution in [3.63, 3.8) is 0 Å². The molecule has 2 aromatic rings. The minimum atomic E-state index is -0.317. The predicted octanol–water partition coefficient (Wildman–Crippen LogP) is 1.61. The molecule has 0 aliphatic carbocycles. The van der Waals surface area contributed by atoms with Crippen molar-refractivity contribution in [3.05, 3.63) is 41.7 Å². The minimum Gasteiger partial charge on any atom is -0.491 e. The van der Waals surface area contributed by atoms with Crippen molar-refractivity contribution in [2.45, 2.75) is 6.04 Å². The lowest BCUT2D eigenvalue weighted by molar-refractivity contribution is 0.145. The quantitative estimate of drug-likeness (QED) is 0.803. The number of para-hydroxylation sites is 1. The Balaban J connectivity index is 2.16. The Hall–Kier alpha value is -1.50. The summed E-state index contributed by atoms with van der Waals surface area (Å²) in [5.74, 6) is 0.759. The van der Waals surface area contributed by atoms with Crippen molar-refractivity contribution in [2.24, 2.45) is 5.73 Å². The van der Waals surface area contributed by atoms with Crippen molar-refractivity contribution in [1.82, 2.24) is 8.75 Å². The maximum atomic E-state index is 6.16. The first-order valence-corrected chi connectivity index (χ1v) is 6.29. The average molecular weight is 265 g/mol. The van der Waals surface area contributed by atoms with E-state index in [1.54, 1.807) is 13.3 Å². The van der Waals surface area contributed by atoms with E-state index >= 15 is 0 Å². The lowest BCUT2D eigenvalue weighted by Gasteiger charge is -2.15. The van der Waals surface area contributed by atoms with Crippen LogP contribution in [0, 0.1) is 0 Å². The van der Waals surface area contributed by atoms with Crippen LogP contribution >= 0.6 is 11.7 Å². The molecule has 2 N–H and O–H groups in total. The lowest BCUT2D eigenvalue weighted by atomic mass is 10.0. The highest BCUT2D eigenvalue weighted by Crippen LogP contribution is 2.27. The van der Waals surface area contributed by atoms with E-state index in [9.17, 15) is 0 Å². The molecular formula is C12H15N3O2S. The molecule has 2 rings (SSSR count). The molecule has 0 aliphatic heterocycles. The Morgan fingerprint density at radius 3 is 2.89 bits per heavy atom. The molecule has 0 saturated heterocycles. The molecule has 0 amide bonds. The fourth-order valence-corrected chi connectivity index (χ4v) is 2.03. The van der Waals surface area contributed by atoms with Gasteiger partial charge in [0.2, 0.25) is 0 Å². The molecule has 1 aromatic carbocycles. The largest absolute Gasteiger partial charge is 0.491 e. The molecule has 1 heterocycles. The van der Waals surface area contributed by atoms with Crippen LogP contribution in [0.25, 0.3) is 0 Å². The lowest BCUT2D eigenvalue weighted by Crippen LogP contribution is -2.14. The molecule has 0 aliphatic rings. The first-order chi connectivity index (χ1) is 8.83. The van der Waals surface area contributed by atoms with Crippen LogP contribution in [0.1, 0.15) is 17.3 Å². The normalized spacial score (nSPS) is 12.3. The van der Waals surface area contributed by atoms with Crippen LogP contribution < -0.4 is 10.5 Å². The zero-order chi connectivity index (χ0) is 12.8. The molecule has 0 fully saturated rings. The van der Waals surface area contributed by atoms with Crippen LogP contribution in [0.3, 0.4) is 0 Å². The van der Waals surface area contributed by atoms with Crippen LogP contribution in [-0.4, -0.2) is 29.1 Å². The molecule has 5 nitrogen and oxygen atoms in total. The van der Waals surface area contributed by atoms with Gasteiger partial charge in [-0.2, -0.15) is 8.75 Å². The Morgan fingerprint density at radius 1 is 1.33 bits per heavy atom. The molecule has 96 valence electrons. The standard InChI is InChI=1S/C12H15N3O2S/c1-16-6-7-17-11-5-3-2-4-9(11)12(13)10-8-14-18-15-10/h2-5,8,12H,6-7,13H2,1H3. The number of methoxy groups -OCH3 is 1. The second kappa shape index (κ2) is 6.44. The summed E-state index contributed by atoms with van der Waals surface area (Å²) in [4.78, 5) is 0. The van der Waals surface area contributed by atoms with Gasteiger partial charge in [0.1, 0.15) is 12.4 Å². The van der Waals surface area contributed by atoms with Crippen LogP contribution in [-0.2, 0) is 4.74 Å². The molecule has 1 aromatic heterocycles. The summed E-state index contributed by atoms with van der Waals surface area (Å²) in [6.45, 7) is 1.04. The maximum Gasteiger partial charge on any atom is 0.124 e. The van der Waals surface area contributed by atoms with Gasteiger partial charge in [0, 0.05) is 12.7 Å². The van der Waals surface area contributed by atoms with E-state index in [0.717, 1.165) is 28.7 Å². The summed E-state index contributed by atoms with van der Waals surface area (Å²) >= 11 is 1.15. The molecule has 0 bridgehead atoms. The molecule has 1 unspecified atom stereocenters. The van der Waals surface area contributed by atoms with E-state index in [2.05, 4.69) is 8.75 Å². The zero-order valence-electron chi connectivity index (χ0n) is 10.1. The second-order valence-electron chi connectivity index (χ2n) is 3.69. The molecule has 0 saturated carbocycles. The Kier molecular flexibility index (Phi) is 4.63. The zero-order valence-corrected chi connectivity index (χ0v) is 10.9. The van der Waals surface area contributed by atoms with Gasteiger partial charge >= 0.3 is 0 Å². The Morgan fingerprint density at radius 2 is 2.17 bits per heavy atom. The van der Waals surface area contributed by atoms with Gasteiger partial charge < -0.3 is 15.2 Å². The van der Waals surface area contributed by atoms with E-state index in [0.29, 0.717) is 13.2 Å². The number of hydrogen-bond donors (Lipinski definition) is 1. The van der Waals surface area contributed by atoms with Gasteiger partial charge in [-0.1, -0.05) is 18.2 Å². The van der Waals surface area contributed by atoms with E-state index in [1.807, 2.05) is 24.3 Å². The van der Waals surface area contributed by atoms with E-state index in [4.69, 9.17) is 15.2 Å². The topological polar surface area (TPSA) is 70.3 Å². The number of aromatic nitrogens is 2. The molecule has 6 heteroatoms. The Labute approximate surface area is 110 Å². The predicted molar refractivity (Wildman–Crippen MR) is 69.8 cm³/mol. The maximum absolute atomic E-state index is 6.16. The van der Waals surface area contributed by atoms with Crippen molar-refractivity contribution >= 4 is 11.7 Å². The number of benzene rings is 1. The van der Waals surface area contributed by atoms with Gasteiger partial charge in [0.05, 0.1) is 36.3 Å². The number of nitrogens with zero attached hydrogens (tertiary/aromatic N) is 2. The van der Waals surface area contributed by atoms with Gasteiger partial charge in [-0.05, 0) is 6.07 Å². The first kappa shape index (κ1) is 12.9. The van der Waals surface area contributed by atoms with E-state index in [-0.39, 0.29) is 6.04 Å². The van der Waals surface area contributed by atoms with Gasteiger partial charge in [-0.3, -0.25) is 0 Å². The van der Waals surface area contributed by atoms with Crippen molar-refractivity contribution in [2.75, 3.05) is 20.3 Å². The summed E-state index contributed by atoms with van der Waals surface area (Å²) in [7, 11) is 1.64. The summed E-state index contributed by atoms with van der Waals surface area (Å²) in [6, 6.07) is 7.36. The summed E-state index contributed by atoms with van der Waals surface area (Å²) in [6.07, 6.45) is 1.68. The fraction of sp³-hybridized carbons (Fsp3) is 0.333. The third-order valence-electron chi connectivity index (χ3n) is 2.50. The smallest absolute Gasteiger partial charge is 0.124 e. The van der Waals surface area contributed by atoms with Gasteiger partial charge in [-0.25, -0.2) is 0 Å². The monoisotopic (exact) mass is 265 g/mol. The van der Waals surface area contributed by atoms with Crippen LogP contribution in [0.4, 0.5) is 0 Å². The third kappa shape index (κ3) is 3.04. The Bertz CT molecular complexity index is 476. The molecule has 1 atom stereocenters.